The van der Waals surface area contributed by atoms with E-state index in [1.165, 1.54) is 0 Å². The molecule has 0 N–H and O–H groups in total. The molecule has 0 amide bonds. The lowest BCUT2D eigenvalue weighted by Gasteiger charge is -2.25. The SMILES string of the molecule is COC(CC[S@@+]([O-])C(C)(C)C)OC. The predicted molar refractivity (Wildman–Crippen MR) is 55.2 cm³/mol. The molecule has 3 nitrogen and oxygen atoms in total. The van der Waals surface area contributed by atoms with Gasteiger partial charge in [0.2, 0.25) is 0 Å². The van der Waals surface area contributed by atoms with Crippen molar-refractivity contribution < 1.29 is 14.0 Å². The second kappa shape index (κ2) is 5.86. The average Bonchev–Trinajstić information content (AvgIpc) is 2.04. The maximum Gasteiger partial charge on any atom is 0.161 e. The second-order valence-corrected chi connectivity index (χ2v) is 6.18. The smallest absolute Gasteiger partial charge is 0.161 e. The van der Waals surface area contributed by atoms with Gasteiger partial charge in [-0.3, -0.25) is 0 Å². The summed E-state index contributed by atoms with van der Waals surface area (Å²) < 4.78 is 21.5. The van der Waals surface area contributed by atoms with Crippen LogP contribution in [0.1, 0.15) is 27.2 Å². The second-order valence-electron chi connectivity index (χ2n) is 3.85. The fourth-order valence-electron chi connectivity index (χ4n) is 0.841. The summed E-state index contributed by atoms with van der Waals surface area (Å²) in [5, 5.41) is 0. The van der Waals surface area contributed by atoms with Crippen LogP contribution in [-0.4, -0.2) is 35.6 Å². The van der Waals surface area contributed by atoms with Crippen LogP contribution in [0.15, 0.2) is 0 Å². The van der Waals surface area contributed by atoms with Crippen molar-refractivity contribution in [2.75, 3.05) is 20.0 Å². The first kappa shape index (κ1) is 13.2. The summed E-state index contributed by atoms with van der Waals surface area (Å²) >= 11 is -0.821. The molecule has 0 aliphatic rings. The molecular formula is C9H20O3S. The highest BCUT2D eigenvalue weighted by atomic mass is 32.2. The Morgan fingerprint density at radius 1 is 1.23 bits per heavy atom. The minimum Gasteiger partial charge on any atom is -0.616 e. The van der Waals surface area contributed by atoms with Crippen LogP contribution < -0.4 is 0 Å². The number of hydrogen-bond donors (Lipinski definition) is 0. The van der Waals surface area contributed by atoms with Crippen LogP contribution in [0.25, 0.3) is 0 Å². The molecule has 80 valence electrons. The Labute approximate surface area is 84.0 Å². The molecule has 0 fully saturated rings. The van der Waals surface area contributed by atoms with E-state index in [4.69, 9.17) is 9.47 Å². The van der Waals surface area contributed by atoms with Gasteiger partial charge in [-0.2, -0.15) is 0 Å². The Balaban J connectivity index is 3.75. The van der Waals surface area contributed by atoms with Crippen molar-refractivity contribution in [1.82, 2.24) is 0 Å². The molecule has 0 rings (SSSR count). The molecule has 1 atom stereocenters. The van der Waals surface area contributed by atoms with Crippen molar-refractivity contribution in [3.8, 4) is 0 Å². The van der Waals surface area contributed by atoms with E-state index in [0.717, 1.165) is 0 Å². The molecule has 0 aliphatic carbocycles. The summed E-state index contributed by atoms with van der Waals surface area (Å²) in [7, 11) is 3.18. The van der Waals surface area contributed by atoms with Crippen molar-refractivity contribution >= 4 is 11.2 Å². The molecule has 0 aromatic heterocycles. The van der Waals surface area contributed by atoms with E-state index in [0.29, 0.717) is 12.2 Å². The standard InChI is InChI=1S/C9H20O3S/c1-9(2,3)13(10)7-6-8(11-4)12-5/h8H,6-7H2,1-5H3/t13-/m1/s1. The molecule has 13 heavy (non-hydrogen) atoms. The van der Waals surface area contributed by atoms with Gasteiger partial charge >= 0.3 is 0 Å². The molecule has 0 aromatic rings. The van der Waals surface area contributed by atoms with Crippen LogP contribution in [0.3, 0.4) is 0 Å². The van der Waals surface area contributed by atoms with Crippen molar-refractivity contribution in [3.63, 3.8) is 0 Å². The zero-order valence-corrected chi connectivity index (χ0v) is 9.94. The van der Waals surface area contributed by atoms with Gasteiger partial charge in [0.05, 0.1) is 0 Å². The fourth-order valence-corrected chi connectivity index (χ4v) is 1.86. The molecule has 0 saturated carbocycles. The van der Waals surface area contributed by atoms with Crippen LogP contribution in [0.4, 0.5) is 0 Å². The molecule has 0 aromatic carbocycles. The van der Waals surface area contributed by atoms with Crippen molar-refractivity contribution in [2.24, 2.45) is 0 Å². The molecule has 0 saturated heterocycles. The van der Waals surface area contributed by atoms with E-state index in [1.807, 2.05) is 20.8 Å². The molecule has 0 bridgehead atoms. The fraction of sp³-hybridized carbons (Fsp3) is 1.00. The number of hydrogen-bond acceptors (Lipinski definition) is 3. The van der Waals surface area contributed by atoms with Gasteiger partial charge in [0.25, 0.3) is 0 Å². The van der Waals surface area contributed by atoms with Crippen LogP contribution >= 0.6 is 0 Å². The predicted octanol–water partition coefficient (Wildman–Crippen LogP) is 1.54. The van der Waals surface area contributed by atoms with Gasteiger partial charge in [0.15, 0.2) is 6.29 Å². The van der Waals surface area contributed by atoms with E-state index in [2.05, 4.69) is 0 Å². The van der Waals surface area contributed by atoms with Crippen molar-refractivity contribution in [3.05, 3.63) is 0 Å². The summed E-state index contributed by atoms with van der Waals surface area (Å²) in [5.41, 5.74) is 0. The average molecular weight is 208 g/mol. The Morgan fingerprint density at radius 2 is 1.69 bits per heavy atom. The lowest BCUT2D eigenvalue weighted by Crippen LogP contribution is -2.32. The Bertz CT molecular complexity index is 129. The van der Waals surface area contributed by atoms with Crippen molar-refractivity contribution in [1.29, 1.82) is 0 Å². The first-order chi connectivity index (χ1) is 5.91. The minimum atomic E-state index is -0.821. The highest BCUT2D eigenvalue weighted by Gasteiger charge is 2.26. The largest absolute Gasteiger partial charge is 0.616 e. The molecule has 0 unspecified atom stereocenters. The summed E-state index contributed by atoms with van der Waals surface area (Å²) in [6.07, 6.45) is 0.447. The monoisotopic (exact) mass is 208 g/mol. The van der Waals surface area contributed by atoms with E-state index >= 15 is 0 Å². The lowest BCUT2D eigenvalue weighted by atomic mass is 10.3. The third kappa shape index (κ3) is 5.52. The van der Waals surface area contributed by atoms with E-state index in [1.54, 1.807) is 14.2 Å². The maximum atomic E-state index is 11.6. The molecule has 0 aliphatic heterocycles. The van der Waals surface area contributed by atoms with Gasteiger partial charge in [-0.15, -0.1) is 0 Å². The normalized spacial score (nSPS) is 15.0. The quantitative estimate of drug-likeness (QED) is 0.508. The highest BCUT2D eigenvalue weighted by Crippen LogP contribution is 2.17. The molecule has 4 heteroatoms. The van der Waals surface area contributed by atoms with E-state index < -0.39 is 11.2 Å². The zero-order chi connectivity index (χ0) is 10.5. The summed E-state index contributed by atoms with van der Waals surface area (Å²) in [6, 6.07) is 0. The highest BCUT2D eigenvalue weighted by molar-refractivity contribution is 7.92. The maximum absolute atomic E-state index is 11.6. The Kier molecular flexibility index (Phi) is 5.96. The summed E-state index contributed by atoms with van der Waals surface area (Å²) in [5.74, 6) is 0.621. The minimum absolute atomic E-state index is 0.147. The first-order valence-corrected chi connectivity index (χ1v) is 5.67. The summed E-state index contributed by atoms with van der Waals surface area (Å²) in [6.45, 7) is 5.91. The zero-order valence-electron chi connectivity index (χ0n) is 9.12. The number of ether oxygens (including phenoxy) is 2. The summed E-state index contributed by atoms with van der Waals surface area (Å²) in [4.78, 5) is 0. The lowest BCUT2D eigenvalue weighted by molar-refractivity contribution is -0.102. The van der Waals surface area contributed by atoms with E-state index in [9.17, 15) is 4.55 Å². The van der Waals surface area contributed by atoms with Gasteiger partial charge in [-0.1, -0.05) is 0 Å². The van der Waals surface area contributed by atoms with Crippen LogP contribution in [-0.2, 0) is 20.6 Å². The van der Waals surface area contributed by atoms with Crippen LogP contribution in [0.5, 0.6) is 0 Å². The van der Waals surface area contributed by atoms with Gasteiger partial charge in [-0.25, -0.2) is 0 Å². The van der Waals surface area contributed by atoms with Crippen LogP contribution in [0, 0.1) is 0 Å². The van der Waals surface area contributed by atoms with Gasteiger partial charge in [0, 0.05) is 20.6 Å². The van der Waals surface area contributed by atoms with Crippen molar-refractivity contribution in [2.45, 2.75) is 38.2 Å². The van der Waals surface area contributed by atoms with E-state index in [-0.39, 0.29) is 11.0 Å². The van der Waals surface area contributed by atoms with Crippen LogP contribution in [0.2, 0.25) is 0 Å². The molecule has 0 radical (unpaired) electrons. The Morgan fingerprint density at radius 3 is 2.00 bits per heavy atom. The molecule has 0 spiro atoms. The third-order valence-corrected chi connectivity index (χ3v) is 3.72. The number of methoxy groups -OCH3 is 2. The Hall–Kier alpha value is 0.230. The topological polar surface area (TPSA) is 41.5 Å². The first-order valence-electron chi connectivity index (χ1n) is 4.36. The molecular weight excluding hydrogens is 188 g/mol. The third-order valence-electron chi connectivity index (χ3n) is 1.75. The molecule has 0 heterocycles. The van der Waals surface area contributed by atoms with Gasteiger partial charge in [-0.05, 0) is 31.9 Å². The van der Waals surface area contributed by atoms with Gasteiger partial charge < -0.3 is 14.0 Å². The van der Waals surface area contributed by atoms with Gasteiger partial charge in [0.1, 0.15) is 10.5 Å². The number of rotatable bonds is 5.